The predicted octanol–water partition coefficient (Wildman–Crippen LogP) is 5.00. The Balaban J connectivity index is 1.76. The van der Waals surface area contributed by atoms with Crippen LogP contribution in [0.4, 0.5) is 15.8 Å². The molecular formula is C21H17ClFN3O2. The third-order valence-corrected chi connectivity index (χ3v) is 4.36. The largest absolute Gasteiger partial charge is 0.322 e. The molecule has 2 aromatic carbocycles. The first-order chi connectivity index (χ1) is 13.3. The lowest BCUT2D eigenvalue weighted by Crippen LogP contribution is -2.16. The number of nitrogens with one attached hydrogen (secondary N) is 2. The molecule has 0 radical (unpaired) electrons. The monoisotopic (exact) mass is 397 g/mol. The molecule has 1 heterocycles. The number of carbonyl (C=O) groups is 2. The van der Waals surface area contributed by atoms with Crippen LogP contribution in [0.15, 0.2) is 54.9 Å². The normalized spacial score (nSPS) is 10.4. The molecule has 0 aliphatic carbocycles. The van der Waals surface area contributed by atoms with E-state index in [1.165, 1.54) is 30.6 Å². The molecule has 0 atom stereocenters. The van der Waals surface area contributed by atoms with Gasteiger partial charge >= 0.3 is 0 Å². The van der Waals surface area contributed by atoms with Crippen molar-refractivity contribution in [3.05, 3.63) is 88.0 Å². The molecule has 7 heteroatoms. The molecule has 1 aromatic heterocycles. The molecule has 3 aromatic rings. The fourth-order valence-corrected chi connectivity index (χ4v) is 2.79. The Kier molecular flexibility index (Phi) is 5.70. The molecule has 0 aliphatic heterocycles. The molecule has 2 amide bonds. The van der Waals surface area contributed by atoms with Gasteiger partial charge in [0, 0.05) is 23.8 Å². The van der Waals surface area contributed by atoms with E-state index >= 15 is 0 Å². The summed E-state index contributed by atoms with van der Waals surface area (Å²) in [5.74, 6) is -1.44. The van der Waals surface area contributed by atoms with Crippen molar-refractivity contribution in [1.29, 1.82) is 0 Å². The molecule has 0 saturated heterocycles. The third kappa shape index (κ3) is 4.53. The summed E-state index contributed by atoms with van der Waals surface area (Å²) in [6, 6.07) is 11.0. The summed E-state index contributed by atoms with van der Waals surface area (Å²) >= 11 is 5.72. The second-order valence-corrected chi connectivity index (χ2v) is 6.73. The maximum Gasteiger partial charge on any atom is 0.257 e. The van der Waals surface area contributed by atoms with Crippen LogP contribution < -0.4 is 10.6 Å². The lowest BCUT2D eigenvalue weighted by molar-refractivity contribution is 0.102. The van der Waals surface area contributed by atoms with Crippen LogP contribution in [-0.4, -0.2) is 16.8 Å². The number of benzene rings is 2. The van der Waals surface area contributed by atoms with E-state index in [0.29, 0.717) is 11.4 Å². The summed E-state index contributed by atoms with van der Waals surface area (Å²) < 4.78 is 13.2. The van der Waals surface area contributed by atoms with E-state index in [1.807, 2.05) is 32.0 Å². The van der Waals surface area contributed by atoms with Gasteiger partial charge in [0.1, 0.15) is 5.82 Å². The second kappa shape index (κ2) is 8.19. The molecule has 142 valence electrons. The first-order valence-corrected chi connectivity index (χ1v) is 8.81. The van der Waals surface area contributed by atoms with E-state index in [4.69, 9.17) is 11.6 Å². The van der Waals surface area contributed by atoms with Gasteiger partial charge in [0.25, 0.3) is 11.8 Å². The number of nitrogens with zero attached hydrogens (tertiary/aromatic N) is 1. The number of halogens is 2. The number of rotatable bonds is 4. The summed E-state index contributed by atoms with van der Waals surface area (Å²) in [5, 5.41) is 5.31. The predicted molar refractivity (Wildman–Crippen MR) is 107 cm³/mol. The van der Waals surface area contributed by atoms with Crippen LogP contribution in [0.3, 0.4) is 0 Å². The van der Waals surface area contributed by atoms with Crippen molar-refractivity contribution in [2.24, 2.45) is 0 Å². The number of amides is 2. The van der Waals surface area contributed by atoms with Crippen molar-refractivity contribution in [2.75, 3.05) is 10.6 Å². The van der Waals surface area contributed by atoms with E-state index in [-0.39, 0.29) is 22.1 Å². The van der Waals surface area contributed by atoms with Gasteiger partial charge in [0.05, 0.1) is 16.1 Å². The van der Waals surface area contributed by atoms with E-state index in [1.54, 1.807) is 0 Å². The van der Waals surface area contributed by atoms with Gasteiger partial charge in [0.2, 0.25) is 0 Å². The fourth-order valence-electron chi connectivity index (χ4n) is 2.61. The Labute approximate surface area is 166 Å². The first-order valence-electron chi connectivity index (χ1n) is 8.43. The molecule has 28 heavy (non-hydrogen) atoms. The number of aryl methyl sites for hydroxylation is 2. The molecule has 0 bridgehead atoms. The Morgan fingerprint density at radius 3 is 2.25 bits per heavy atom. The zero-order valence-corrected chi connectivity index (χ0v) is 16.0. The average molecular weight is 398 g/mol. The minimum atomic E-state index is -0.577. The Bertz CT molecular complexity index is 1070. The minimum absolute atomic E-state index is 0.0995. The highest BCUT2D eigenvalue weighted by molar-refractivity contribution is 6.31. The molecule has 5 nitrogen and oxygen atoms in total. The minimum Gasteiger partial charge on any atom is -0.322 e. The van der Waals surface area contributed by atoms with Crippen LogP contribution in [0, 0.1) is 19.7 Å². The molecule has 0 spiro atoms. The molecule has 0 aliphatic rings. The summed E-state index contributed by atoms with van der Waals surface area (Å²) in [4.78, 5) is 28.9. The highest BCUT2D eigenvalue weighted by Crippen LogP contribution is 2.20. The highest BCUT2D eigenvalue weighted by atomic mass is 35.5. The standard InChI is InChI=1S/C21H17ClFN3O2/c1-12-3-6-19(13(2)7-12)26-21(28)15-8-14(10-24-11-15)20(27)25-16-4-5-18(23)17(22)9-16/h3-11H,1-2H3,(H,25,27)(H,26,28). The number of pyridine rings is 1. The SMILES string of the molecule is Cc1ccc(NC(=O)c2cncc(C(=O)Nc3ccc(F)c(Cl)c3)c2)c(C)c1. The van der Waals surface area contributed by atoms with Crippen LogP contribution >= 0.6 is 11.6 Å². The fraction of sp³-hybridized carbons (Fsp3) is 0.0952. The lowest BCUT2D eigenvalue weighted by atomic mass is 10.1. The van der Waals surface area contributed by atoms with Gasteiger partial charge < -0.3 is 10.6 Å². The van der Waals surface area contributed by atoms with Gasteiger partial charge in [-0.2, -0.15) is 0 Å². The van der Waals surface area contributed by atoms with Gasteiger partial charge in [0.15, 0.2) is 0 Å². The Hall–Kier alpha value is -3.25. The quantitative estimate of drug-likeness (QED) is 0.651. The van der Waals surface area contributed by atoms with Crippen LogP contribution in [-0.2, 0) is 0 Å². The van der Waals surface area contributed by atoms with Crippen molar-refractivity contribution in [1.82, 2.24) is 4.98 Å². The molecule has 3 rings (SSSR count). The van der Waals surface area contributed by atoms with Gasteiger partial charge in [-0.1, -0.05) is 29.3 Å². The Morgan fingerprint density at radius 2 is 1.61 bits per heavy atom. The summed E-state index contributed by atoms with van der Waals surface area (Å²) in [6.45, 7) is 3.87. The second-order valence-electron chi connectivity index (χ2n) is 6.32. The zero-order chi connectivity index (χ0) is 20.3. The zero-order valence-electron chi connectivity index (χ0n) is 15.2. The molecule has 0 unspecified atom stereocenters. The molecule has 2 N–H and O–H groups in total. The van der Waals surface area contributed by atoms with Gasteiger partial charge in [-0.25, -0.2) is 4.39 Å². The van der Waals surface area contributed by atoms with Crippen molar-refractivity contribution >= 4 is 34.8 Å². The van der Waals surface area contributed by atoms with Crippen molar-refractivity contribution in [2.45, 2.75) is 13.8 Å². The molecule has 0 saturated carbocycles. The highest BCUT2D eigenvalue weighted by Gasteiger charge is 2.13. The van der Waals surface area contributed by atoms with E-state index in [9.17, 15) is 14.0 Å². The van der Waals surface area contributed by atoms with E-state index in [0.717, 1.165) is 17.2 Å². The van der Waals surface area contributed by atoms with E-state index < -0.39 is 11.7 Å². The van der Waals surface area contributed by atoms with Gasteiger partial charge in [-0.3, -0.25) is 14.6 Å². The summed E-state index contributed by atoms with van der Waals surface area (Å²) in [7, 11) is 0. The number of hydrogen-bond donors (Lipinski definition) is 2. The summed E-state index contributed by atoms with van der Waals surface area (Å²) in [6.07, 6.45) is 2.72. The van der Waals surface area contributed by atoms with Crippen LogP contribution in [0.25, 0.3) is 0 Å². The molecular weight excluding hydrogens is 381 g/mol. The third-order valence-electron chi connectivity index (χ3n) is 4.07. The van der Waals surface area contributed by atoms with Crippen LogP contribution in [0.1, 0.15) is 31.8 Å². The maximum absolute atomic E-state index is 13.2. The Morgan fingerprint density at radius 1 is 0.929 bits per heavy atom. The topological polar surface area (TPSA) is 71.1 Å². The first kappa shape index (κ1) is 19.5. The number of aromatic nitrogens is 1. The van der Waals surface area contributed by atoms with Gasteiger partial charge in [-0.15, -0.1) is 0 Å². The molecule has 0 fully saturated rings. The van der Waals surface area contributed by atoms with Crippen LogP contribution in [0.2, 0.25) is 5.02 Å². The maximum atomic E-state index is 13.2. The van der Waals surface area contributed by atoms with Crippen LogP contribution in [0.5, 0.6) is 0 Å². The number of hydrogen-bond acceptors (Lipinski definition) is 3. The van der Waals surface area contributed by atoms with Crippen molar-refractivity contribution in [3.8, 4) is 0 Å². The lowest BCUT2D eigenvalue weighted by Gasteiger charge is -2.10. The average Bonchev–Trinajstić information content (AvgIpc) is 2.67. The van der Waals surface area contributed by atoms with Crippen molar-refractivity contribution in [3.63, 3.8) is 0 Å². The summed E-state index contributed by atoms with van der Waals surface area (Å²) in [5.41, 5.74) is 3.48. The number of carbonyl (C=O) groups excluding carboxylic acids is 2. The smallest absolute Gasteiger partial charge is 0.257 e. The van der Waals surface area contributed by atoms with Crippen molar-refractivity contribution < 1.29 is 14.0 Å². The van der Waals surface area contributed by atoms with E-state index in [2.05, 4.69) is 15.6 Å². The van der Waals surface area contributed by atoms with Gasteiger partial charge in [-0.05, 0) is 49.7 Å². The number of anilines is 2.